The van der Waals surface area contributed by atoms with Crippen molar-refractivity contribution in [1.29, 1.82) is 0 Å². The second-order valence-electron chi connectivity index (χ2n) is 9.01. The lowest BCUT2D eigenvalue weighted by Gasteiger charge is -2.23. The molecule has 9 nitrogen and oxygen atoms in total. The van der Waals surface area contributed by atoms with E-state index in [9.17, 15) is 18.0 Å². The van der Waals surface area contributed by atoms with Gasteiger partial charge in [-0.25, -0.2) is 9.97 Å². The Bertz CT molecular complexity index is 1290. The van der Waals surface area contributed by atoms with Gasteiger partial charge in [-0.15, -0.1) is 0 Å². The maximum Gasteiger partial charge on any atom is 0.433 e. The van der Waals surface area contributed by atoms with E-state index in [1.54, 1.807) is 17.9 Å². The summed E-state index contributed by atoms with van der Waals surface area (Å²) in [5.74, 6) is -0.0157. The summed E-state index contributed by atoms with van der Waals surface area (Å²) >= 11 is 0. The number of nitrogens with zero attached hydrogens (tertiary/aromatic N) is 3. The van der Waals surface area contributed by atoms with Crippen LogP contribution in [0.1, 0.15) is 55.2 Å². The number of methoxy groups -OCH3 is 1. The highest BCUT2D eigenvalue weighted by Crippen LogP contribution is 2.38. The molecule has 1 amide bonds. The lowest BCUT2D eigenvalue weighted by molar-refractivity contribution is -0.140. The molecule has 1 fully saturated rings. The van der Waals surface area contributed by atoms with Gasteiger partial charge in [0, 0.05) is 30.7 Å². The summed E-state index contributed by atoms with van der Waals surface area (Å²) in [6.45, 7) is 7.17. The van der Waals surface area contributed by atoms with Crippen LogP contribution in [0.5, 0.6) is 5.75 Å². The zero-order valence-corrected chi connectivity index (χ0v) is 21.7. The third-order valence-corrected chi connectivity index (χ3v) is 6.38. The Hall–Kier alpha value is -3.22. The van der Waals surface area contributed by atoms with Crippen molar-refractivity contribution in [3.05, 3.63) is 41.4 Å². The van der Waals surface area contributed by atoms with E-state index in [4.69, 9.17) is 24.4 Å². The van der Waals surface area contributed by atoms with Crippen LogP contribution in [0.4, 0.5) is 13.2 Å². The third-order valence-electron chi connectivity index (χ3n) is 6.38. The Morgan fingerprint density at radius 1 is 1.21 bits per heavy atom. The third kappa shape index (κ3) is 5.47. The Labute approximate surface area is 218 Å². The Kier molecular flexibility index (Phi) is 8.24. The first-order chi connectivity index (χ1) is 18.1. The topological polar surface area (TPSA) is 113 Å². The molecule has 1 aliphatic rings. The number of carbonyl (C=O) groups excluding carboxylic acids is 1. The number of halogens is 3. The van der Waals surface area contributed by atoms with Crippen molar-refractivity contribution in [2.75, 3.05) is 33.5 Å². The van der Waals surface area contributed by atoms with E-state index in [0.29, 0.717) is 43.7 Å². The van der Waals surface area contributed by atoms with E-state index < -0.39 is 17.9 Å². The maximum atomic E-state index is 13.7. The molecule has 1 saturated heterocycles. The number of aromatic nitrogens is 2. The second kappa shape index (κ2) is 11.3. The van der Waals surface area contributed by atoms with Gasteiger partial charge in [0.1, 0.15) is 17.0 Å². The molecule has 0 bridgehead atoms. The van der Waals surface area contributed by atoms with Gasteiger partial charge in [0.2, 0.25) is 5.89 Å². The lowest BCUT2D eigenvalue weighted by Crippen LogP contribution is -2.39. The fourth-order valence-electron chi connectivity index (χ4n) is 4.64. The van der Waals surface area contributed by atoms with E-state index in [0.717, 1.165) is 6.07 Å². The fraction of sp³-hybridized carbons (Fsp3) is 0.500. The van der Waals surface area contributed by atoms with Crippen molar-refractivity contribution in [2.45, 2.75) is 51.6 Å². The minimum absolute atomic E-state index is 0.0101. The molecule has 3 aromatic rings. The van der Waals surface area contributed by atoms with Crippen LogP contribution < -0.4 is 10.5 Å². The first-order valence-corrected chi connectivity index (χ1v) is 12.4. The summed E-state index contributed by atoms with van der Waals surface area (Å²) in [7, 11) is 1.34. The molecule has 0 unspecified atom stereocenters. The number of alkyl halides is 3. The number of fused-ring (bicyclic) bond motifs is 1. The van der Waals surface area contributed by atoms with Crippen molar-refractivity contribution in [3.8, 4) is 17.2 Å². The van der Waals surface area contributed by atoms with E-state index in [1.807, 2.05) is 13.8 Å². The summed E-state index contributed by atoms with van der Waals surface area (Å²) in [5, 5.41) is 0.320. The molecule has 206 valence electrons. The van der Waals surface area contributed by atoms with Crippen LogP contribution in [0.15, 0.2) is 28.7 Å². The zero-order valence-electron chi connectivity index (χ0n) is 21.7. The molecular formula is C26H31F3N4O5. The van der Waals surface area contributed by atoms with Crippen LogP contribution in [0, 0.1) is 0 Å². The van der Waals surface area contributed by atoms with Crippen LogP contribution >= 0.6 is 0 Å². The molecule has 1 aromatic carbocycles. The Balaban J connectivity index is 1.78. The average molecular weight is 537 g/mol. The van der Waals surface area contributed by atoms with E-state index >= 15 is 0 Å². The number of amides is 1. The summed E-state index contributed by atoms with van der Waals surface area (Å²) in [5.41, 5.74) is 5.47. The first-order valence-electron chi connectivity index (χ1n) is 12.4. The van der Waals surface area contributed by atoms with Crippen LogP contribution in [-0.4, -0.2) is 66.4 Å². The average Bonchev–Trinajstić information content (AvgIpc) is 3.50. The van der Waals surface area contributed by atoms with Crippen LogP contribution in [-0.2, 0) is 15.7 Å². The van der Waals surface area contributed by atoms with Gasteiger partial charge in [0.05, 0.1) is 31.9 Å². The number of nitrogens with two attached hydrogens (primary N) is 1. The monoisotopic (exact) mass is 536 g/mol. The number of hydrogen-bond donors (Lipinski definition) is 1. The van der Waals surface area contributed by atoms with Crippen molar-refractivity contribution in [1.82, 2.24) is 14.9 Å². The van der Waals surface area contributed by atoms with Gasteiger partial charge in [0.15, 0.2) is 11.5 Å². The molecule has 3 heterocycles. The standard InChI is InChI=1S/C26H31F3N4O5/c1-5-36-13-15-11-16(37-6-2)12-33(15)25(34)22-23(14(3)30)38-24(32-22)18-7-9-19(35-4)21-17(18)8-10-20(31-21)26(27,28)29/h7-10,14-16H,5-6,11-13,30H2,1-4H3/t14-,15-,16+/m0/s1. The molecule has 38 heavy (non-hydrogen) atoms. The zero-order chi connectivity index (χ0) is 27.6. The molecule has 0 saturated carbocycles. The van der Waals surface area contributed by atoms with Crippen molar-refractivity contribution >= 4 is 16.8 Å². The highest BCUT2D eigenvalue weighted by molar-refractivity contribution is 5.98. The molecule has 4 rings (SSSR count). The molecule has 0 spiro atoms. The van der Waals surface area contributed by atoms with E-state index in [2.05, 4.69) is 9.97 Å². The summed E-state index contributed by atoms with van der Waals surface area (Å²) in [6, 6.07) is 4.35. The minimum Gasteiger partial charge on any atom is -0.494 e. The van der Waals surface area contributed by atoms with Crippen LogP contribution in [0.3, 0.4) is 0 Å². The van der Waals surface area contributed by atoms with Gasteiger partial charge in [0.25, 0.3) is 5.91 Å². The number of likely N-dealkylation sites (tertiary alicyclic amines) is 1. The van der Waals surface area contributed by atoms with Gasteiger partial charge in [-0.3, -0.25) is 4.79 Å². The predicted molar refractivity (Wildman–Crippen MR) is 133 cm³/mol. The van der Waals surface area contributed by atoms with Crippen molar-refractivity contribution < 1.29 is 36.6 Å². The highest BCUT2D eigenvalue weighted by Gasteiger charge is 2.39. The lowest BCUT2D eigenvalue weighted by atomic mass is 10.1. The van der Waals surface area contributed by atoms with Gasteiger partial charge in [-0.2, -0.15) is 13.2 Å². The quantitative estimate of drug-likeness (QED) is 0.423. The number of hydrogen-bond acceptors (Lipinski definition) is 8. The van der Waals surface area contributed by atoms with E-state index in [-0.39, 0.29) is 46.7 Å². The number of carbonyl (C=O) groups is 1. The van der Waals surface area contributed by atoms with Crippen LogP contribution in [0.2, 0.25) is 0 Å². The number of rotatable bonds is 9. The van der Waals surface area contributed by atoms with Crippen molar-refractivity contribution in [3.63, 3.8) is 0 Å². The summed E-state index contributed by atoms with van der Waals surface area (Å²) < 4.78 is 62.6. The largest absolute Gasteiger partial charge is 0.494 e. The molecule has 3 atom stereocenters. The fourth-order valence-corrected chi connectivity index (χ4v) is 4.64. The minimum atomic E-state index is -4.63. The normalized spacial score (nSPS) is 18.8. The smallest absolute Gasteiger partial charge is 0.433 e. The molecular weight excluding hydrogens is 505 g/mol. The number of oxazole rings is 1. The summed E-state index contributed by atoms with van der Waals surface area (Å²) in [4.78, 5) is 23.7. The summed E-state index contributed by atoms with van der Waals surface area (Å²) in [6.07, 6.45) is -4.15. The van der Waals surface area contributed by atoms with Crippen LogP contribution in [0.25, 0.3) is 22.4 Å². The van der Waals surface area contributed by atoms with Gasteiger partial charge < -0.3 is 29.3 Å². The molecule has 0 aliphatic carbocycles. The molecule has 0 radical (unpaired) electrons. The number of benzene rings is 1. The molecule has 2 aromatic heterocycles. The van der Waals surface area contributed by atoms with Crippen molar-refractivity contribution in [2.24, 2.45) is 5.73 Å². The Morgan fingerprint density at radius 3 is 2.61 bits per heavy atom. The molecule has 2 N–H and O–H groups in total. The van der Waals surface area contributed by atoms with Gasteiger partial charge in [-0.1, -0.05) is 0 Å². The first kappa shape index (κ1) is 27.8. The SMILES string of the molecule is CCOC[C@@H]1C[C@@H](OCC)CN1C(=O)c1nc(-c2ccc(OC)c3nc(C(F)(F)F)ccc23)oc1[C@H](C)N. The second-order valence-corrected chi connectivity index (χ2v) is 9.01. The Morgan fingerprint density at radius 2 is 1.97 bits per heavy atom. The maximum absolute atomic E-state index is 13.7. The van der Waals surface area contributed by atoms with Gasteiger partial charge >= 0.3 is 6.18 Å². The predicted octanol–water partition coefficient (Wildman–Crippen LogP) is 4.59. The number of ether oxygens (including phenoxy) is 3. The number of pyridine rings is 1. The van der Waals surface area contributed by atoms with E-state index in [1.165, 1.54) is 19.2 Å². The van der Waals surface area contributed by atoms with Gasteiger partial charge in [-0.05, 0) is 51.5 Å². The molecule has 12 heteroatoms. The molecule has 1 aliphatic heterocycles. The highest BCUT2D eigenvalue weighted by atomic mass is 19.4.